The molecular weight excluding hydrogens is 452 g/mol. The zero-order valence-corrected chi connectivity index (χ0v) is 19.4. The molecule has 174 valence electrons. The normalized spacial score (nSPS) is 14.5. The van der Waals surface area contributed by atoms with Crippen LogP contribution in [0.4, 0.5) is 0 Å². The molecule has 4 aromatic rings. The highest BCUT2D eigenvalue weighted by Crippen LogP contribution is 2.30. The van der Waals surface area contributed by atoms with Crippen LogP contribution in [0.5, 0.6) is 17.2 Å². The molecule has 0 unspecified atom stereocenters. The van der Waals surface area contributed by atoms with E-state index in [1.54, 1.807) is 35.1 Å². The molecule has 3 aromatic carbocycles. The Hall–Kier alpha value is -3.69. The van der Waals surface area contributed by atoms with E-state index >= 15 is 0 Å². The van der Waals surface area contributed by atoms with Crippen molar-refractivity contribution in [2.24, 2.45) is 0 Å². The summed E-state index contributed by atoms with van der Waals surface area (Å²) in [6.45, 7) is 2.97. The molecule has 1 aliphatic heterocycles. The molecule has 5 rings (SSSR count). The van der Waals surface area contributed by atoms with E-state index in [2.05, 4.69) is 10.3 Å². The van der Waals surface area contributed by atoms with Crippen molar-refractivity contribution in [3.63, 3.8) is 0 Å². The molecule has 0 bridgehead atoms. The number of ether oxygens (including phenoxy) is 2. The number of aryl methyl sites for hydroxylation is 1. The average Bonchev–Trinajstić information content (AvgIpc) is 3.26. The van der Waals surface area contributed by atoms with Gasteiger partial charge in [-0.1, -0.05) is 35.5 Å². The van der Waals surface area contributed by atoms with Crippen LogP contribution in [0.1, 0.15) is 17.3 Å². The van der Waals surface area contributed by atoms with Crippen LogP contribution in [0.2, 0.25) is 0 Å². The second-order valence-corrected chi connectivity index (χ2v) is 10.1. The topological polar surface area (TPSA) is 86.6 Å². The SMILES string of the molecule is Cc1cccc(Oc2ccc(S(=O)(=O)N3CC(n4cc(COc5ccccc5)nn4)C3)cc2)c1. The first-order valence-electron chi connectivity index (χ1n) is 10.9. The zero-order chi connectivity index (χ0) is 23.5. The number of benzene rings is 3. The van der Waals surface area contributed by atoms with Gasteiger partial charge in [0.1, 0.15) is 29.5 Å². The third kappa shape index (κ3) is 4.80. The molecule has 8 nitrogen and oxygen atoms in total. The van der Waals surface area contributed by atoms with Gasteiger partial charge in [-0.3, -0.25) is 0 Å². The van der Waals surface area contributed by atoms with Crippen LogP contribution in [-0.4, -0.2) is 40.8 Å². The van der Waals surface area contributed by atoms with Gasteiger partial charge in [0, 0.05) is 13.1 Å². The molecular formula is C25H24N4O4S. The van der Waals surface area contributed by atoms with E-state index in [0.717, 1.165) is 11.3 Å². The van der Waals surface area contributed by atoms with Crippen LogP contribution >= 0.6 is 0 Å². The summed E-state index contributed by atoms with van der Waals surface area (Å²) in [5.74, 6) is 2.05. The molecule has 0 radical (unpaired) electrons. The lowest BCUT2D eigenvalue weighted by Crippen LogP contribution is -2.50. The van der Waals surface area contributed by atoms with E-state index in [1.165, 1.54) is 4.31 Å². The van der Waals surface area contributed by atoms with E-state index in [4.69, 9.17) is 9.47 Å². The van der Waals surface area contributed by atoms with Crippen molar-refractivity contribution in [3.8, 4) is 17.2 Å². The van der Waals surface area contributed by atoms with Crippen molar-refractivity contribution in [2.75, 3.05) is 13.1 Å². The number of nitrogens with zero attached hydrogens (tertiary/aromatic N) is 4. The van der Waals surface area contributed by atoms with Gasteiger partial charge in [0.2, 0.25) is 10.0 Å². The minimum atomic E-state index is -3.59. The number of sulfonamides is 1. The summed E-state index contributed by atoms with van der Waals surface area (Å²) >= 11 is 0. The first-order chi connectivity index (χ1) is 16.5. The summed E-state index contributed by atoms with van der Waals surface area (Å²) in [7, 11) is -3.59. The molecule has 0 atom stereocenters. The number of para-hydroxylation sites is 1. The summed E-state index contributed by atoms with van der Waals surface area (Å²) in [6.07, 6.45) is 1.80. The molecule has 1 aliphatic rings. The van der Waals surface area contributed by atoms with Crippen molar-refractivity contribution in [2.45, 2.75) is 24.5 Å². The maximum absolute atomic E-state index is 13.0. The Bertz CT molecular complexity index is 1370. The van der Waals surface area contributed by atoms with Gasteiger partial charge in [-0.15, -0.1) is 5.10 Å². The lowest BCUT2D eigenvalue weighted by atomic mass is 10.2. The minimum Gasteiger partial charge on any atom is -0.487 e. The van der Waals surface area contributed by atoms with E-state index in [-0.39, 0.29) is 10.9 Å². The first-order valence-corrected chi connectivity index (χ1v) is 12.3. The second kappa shape index (κ2) is 9.28. The summed E-state index contributed by atoms with van der Waals surface area (Å²) in [6, 6.07) is 23.6. The molecule has 9 heteroatoms. The van der Waals surface area contributed by atoms with Crippen molar-refractivity contribution >= 4 is 10.0 Å². The Morgan fingerprint density at radius 3 is 2.38 bits per heavy atom. The highest BCUT2D eigenvalue weighted by Gasteiger charge is 2.38. The van der Waals surface area contributed by atoms with E-state index in [1.807, 2.05) is 61.5 Å². The number of hydrogen-bond donors (Lipinski definition) is 0. The fourth-order valence-corrected chi connectivity index (χ4v) is 5.17. The third-order valence-electron chi connectivity index (χ3n) is 5.58. The summed E-state index contributed by atoms with van der Waals surface area (Å²) < 4.78 is 40.6. The lowest BCUT2D eigenvalue weighted by Gasteiger charge is -2.37. The summed E-state index contributed by atoms with van der Waals surface area (Å²) in [5.41, 5.74) is 1.78. The van der Waals surface area contributed by atoms with Gasteiger partial charge in [-0.25, -0.2) is 13.1 Å². The number of hydrogen-bond acceptors (Lipinski definition) is 6. The summed E-state index contributed by atoms with van der Waals surface area (Å²) in [5, 5.41) is 8.28. The fourth-order valence-electron chi connectivity index (χ4n) is 3.66. The smallest absolute Gasteiger partial charge is 0.243 e. The van der Waals surface area contributed by atoms with E-state index in [0.29, 0.717) is 36.9 Å². The second-order valence-electron chi connectivity index (χ2n) is 8.16. The standard InChI is InChI=1S/C25H24N4O4S/c1-19-6-5-9-24(14-19)33-23-10-12-25(13-11-23)34(30,31)28-16-21(17-28)29-15-20(26-27-29)18-32-22-7-3-2-4-8-22/h2-15,21H,16-18H2,1H3. The highest BCUT2D eigenvalue weighted by molar-refractivity contribution is 7.89. The molecule has 0 spiro atoms. The molecule has 0 amide bonds. The van der Waals surface area contributed by atoms with Crippen molar-refractivity contribution in [1.82, 2.24) is 19.3 Å². The Kier molecular flexibility index (Phi) is 6.04. The molecule has 1 saturated heterocycles. The van der Waals surface area contributed by atoms with Crippen LogP contribution in [0.25, 0.3) is 0 Å². The van der Waals surface area contributed by atoms with Crippen LogP contribution in [0.15, 0.2) is 90.0 Å². The van der Waals surface area contributed by atoms with Gasteiger partial charge in [0.05, 0.1) is 17.1 Å². The molecule has 0 N–H and O–H groups in total. The Balaban J connectivity index is 1.17. The fraction of sp³-hybridized carbons (Fsp3) is 0.200. The maximum atomic E-state index is 13.0. The van der Waals surface area contributed by atoms with Crippen LogP contribution in [0.3, 0.4) is 0 Å². The van der Waals surface area contributed by atoms with Gasteiger partial charge in [0.25, 0.3) is 0 Å². The minimum absolute atomic E-state index is 0.0586. The average molecular weight is 477 g/mol. The molecule has 1 aromatic heterocycles. The van der Waals surface area contributed by atoms with Crippen LogP contribution < -0.4 is 9.47 Å². The van der Waals surface area contributed by atoms with Gasteiger partial charge < -0.3 is 9.47 Å². The first kappa shape index (κ1) is 22.1. The molecule has 1 fully saturated rings. The third-order valence-corrected chi connectivity index (χ3v) is 7.42. The van der Waals surface area contributed by atoms with E-state index < -0.39 is 10.0 Å². The van der Waals surface area contributed by atoms with Gasteiger partial charge >= 0.3 is 0 Å². The molecule has 2 heterocycles. The Morgan fingerprint density at radius 2 is 1.65 bits per heavy atom. The Labute approximate surface area is 198 Å². The Morgan fingerprint density at radius 1 is 0.912 bits per heavy atom. The quantitative estimate of drug-likeness (QED) is 0.379. The van der Waals surface area contributed by atoms with E-state index in [9.17, 15) is 8.42 Å². The maximum Gasteiger partial charge on any atom is 0.243 e. The monoisotopic (exact) mass is 476 g/mol. The molecule has 34 heavy (non-hydrogen) atoms. The largest absolute Gasteiger partial charge is 0.487 e. The van der Waals surface area contributed by atoms with Crippen LogP contribution in [0, 0.1) is 6.92 Å². The van der Waals surface area contributed by atoms with Gasteiger partial charge in [0.15, 0.2) is 0 Å². The lowest BCUT2D eigenvalue weighted by molar-refractivity contribution is 0.188. The summed E-state index contributed by atoms with van der Waals surface area (Å²) in [4.78, 5) is 0.234. The van der Waals surface area contributed by atoms with Gasteiger partial charge in [-0.05, 0) is 61.0 Å². The van der Waals surface area contributed by atoms with Crippen molar-refractivity contribution in [3.05, 3.63) is 96.3 Å². The van der Waals surface area contributed by atoms with Crippen molar-refractivity contribution < 1.29 is 17.9 Å². The number of rotatable bonds is 8. The molecule has 0 saturated carbocycles. The molecule has 0 aliphatic carbocycles. The highest BCUT2D eigenvalue weighted by atomic mass is 32.2. The van der Waals surface area contributed by atoms with Crippen LogP contribution in [-0.2, 0) is 16.6 Å². The van der Waals surface area contributed by atoms with Crippen molar-refractivity contribution in [1.29, 1.82) is 0 Å². The predicted molar refractivity (Wildman–Crippen MR) is 126 cm³/mol. The predicted octanol–water partition coefficient (Wildman–Crippen LogP) is 4.20. The number of aromatic nitrogens is 3. The van der Waals surface area contributed by atoms with Gasteiger partial charge in [-0.2, -0.15) is 4.31 Å². The zero-order valence-electron chi connectivity index (χ0n) is 18.6.